The maximum Gasteiger partial charge on any atom is 0.406 e. The number of carbonyl (C=O) groups excluding carboxylic acids is 1. The number of nitrogens with two attached hydrogens (primary N) is 1. The van der Waals surface area contributed by atoms with Gasteiger partial charge in [0.1, 0.15) is 6.54 Å². The highest BCUT2D eigenvalue weighted by Gasteiger charge is 2.30. The number of nitrogens with zero attached hydrogens (tertiary/aromatic N) is 5. The van der Waals surface area contributed by atoms with Crippen LogP contribution >= 0.6 is 0 Å². The van der Waals surface area contributed by atoms with Crippen LogP contribution < -0.4 is 11.4 Å². The van der Waals surface area contributed by atoms with Crippen molar-refractivity contribution >= 4 is 33.9 Å². The first kappa shape index (κ1) is 18.8. The van der Waals surface area contributed by atoms with Crippen LogP contribution in [-0.2, 0) is 24.9 Å². The van der Waals surface area contributed by atoms with Crippen molar-refractivity contribution in [3.63, 3.8) is 0 Å². The van der Waals surface area contributed by atoms with Gasteiger partial charge in [0.15, 0.2) is 0 Å². The molecule has 0 aliphatic rings. The second kappa shape index (κ2) is 6.32. The van der Waals surface area contributed by atoms with E-state index in [1.54, 1.807) is 18.7 Å². The molecule has 0 spiro atoms. The topological polar surface area (TPSA) is 91.1 Å². The Morgan fingerprint density at radius 3 is 2.44 bits per heavy atom. The molecule has 3 rings (SSSR count). The van der Waals surface area contributed by atoms with Crippen LogP contribution in [0.25, 0.3) is 22.1 Å². The summed E-state index contributed by atoms with van der Waals surface area (Å²) in [5.74, 6) is 0.0302. The van der Waals surface area contributed by atoms with E-state index in [1.165, 1.54) is 24.1 Å². The molecule has 3 aromatic rings. The number of fused-ring (bicyclic) bond motifs is 2. The first-order valence-corrected chi connectivity index (χ1v) is 8.11. The van der Waals surface area contributed by atoms with Gasteiger partial charge in [-0.05, 0) is 12.1 Å². The van der Waals surface area contributed by atoms with Crippen molar-refractivity contribution in [3.8, 4) is 0 Å². The predicted molar refractivity (Wildman–Crippen MR) is 94.2 cm³/mol. The Kier molecular flexibility index (Phi) is 4.40. The third-order valence-electron chi connectivity index (χ3n) is 4.43. The largest absolute Gasteiger partial charge is 0.406 e. The smallest absolute Gasteiger partial charge is 0.369 e. The first-order valence-electron chi connectivity index (χ1n) is 8.11. The summed E-state index contributed by atoms with van der Waals surface area (Å²) in [5.41, 5.74) is 6.52. The van der Waals surface area contributed by atoms with Crippen molar-refractivity contribution < 1.29 is 18.0 Å². The molecule has 1 aromatic carbocycles. The molecule has 27 heavy (non-hydrogen) atoms. The normalized spacial score (nSPS) is 12.2. The first-order chi connectivity index (χ1) is 12.5. The Bertz CT molecular complexity index is 1090. The molecular weight excluding hydrogens is 365 g/mol. The number of hydrogen-bond donors (Lipinski definition) is 1. The molecular formula is C16H19F3N6O2. The molecule has 0 atom stereocenters. The Morgan fingerprint density at radius 2 is 1.85 bits per heavy atom. The van der Waals surface area contributed by atoms with Crippen molar-refractivity contribution in [1.82, 2.24) is 23.6 Å². The van der Waals surface area contributed by atoms with Crippen molar-refractivity contribution in [2.24, 2.45) is 7.05 Å². The number of rotatable bonds is 4. The molecule has 0 bridgehead atoms. The third-order valence-corrected chi connectivity index (χ3v) is 4.43. The van der Waals surface area contributed by atoms with Gasteiger partial charge in [0.2, 0.25) is 11.9 Å². The molecule has 8 nitrogen and oxygen atoms in total. The highest BCUT2D eigenvalue weighted by atomic mass is 19.4. The van der Waals surface area contributed by atoms with Crippen LogP contribution in [0.2, 0.25) is 0 Å². The number of hydrogen-bond acceptors (Lipinski definition) is 4. The number of aryl methyl sites for hydroxylation is 2. The zero-order valence-electron chi connectivity index (χ0n) is 15.0. The molecule has 146 valence electrons. The van der Waals surface area contributed by atoms with E-state index in [1.807, 2.05) is 0 Å². The summed E-state index contributed by atoms with van der Waals surface area (Å²) < 4.78 is 42.1. The molecule has 1 amide bonds. The molecule has 0 aliphatic carbocycles. The molecule has 0 fully saturated rings. The molecule has 0 unspecified atom stereocenters. The lowest BCUT2D eigenvalue weighted by molar-refractivity contribution is -0.140. The van der Waals surface area contributed by atoms with Crippen LogP contribution in [0.15, 0.2) is 16.9 Å². The van der Waals surface area contributed by atoms with Gasteiger partial charge in [-0.3, -0.25) is 13.9 Å². The number of anilines is 1. The highest BCUT2D eigenvalue weighted by Crippen LogP contribution is 2.26. The van der Waals surface area contributed by atoms with E-state index < -0.39 is 18.4 Å². The predicted octanol–water partition coefficient (Wildman–Crippen LogP) is 1.31. The van der Waals surface area contributed by atoms with Gasteiger partial charge in [-0.1, -0.05) is 0 Å². The minimum Gasteiger partial charge on any atom is -0.369 e. The lowest BCUT2D eigenvalue weighted by Crippen LogP contribution is -2.28. The third kappa shape index (κ3) is 3.36. The summed E-state index contributed by atoms with van der Waals surface area (Å²) in [6.07, 6.45) is -4.38. The number of alkyl halides is 3. The number of halogens is 3. The minimum absolute atomic E-state index is 0.119. The average Bonchev–Trinajstić information content (AvgIpc) is 2.98. The summed E-state index contributed by atoms with van der Waals surface area (Å²) in [4.78, 5) is 29.7. The summed E-state index contributed by atoms with van der Waals surface area (Å²) >= 11 is 0. The van der Waals surface area contributed by atoms with Gasteiger partial charge in [0, 0.05) is 34.1 Å². The van der Waals surface area contributed by atoms with Crippen molar-refractivity contribution in [3.05, 3.63) is 22.6 Å². The van der Waals surface area contributed by atoms with Crippen molar-refractivity contribution in [1.29, 1.82) is 0 Å². The maximum absolute atomic E-state index is 12.9. The molecule has 2 aromatic heterocycles. The van der Waals surface area contributed by atoms with E-state index in [4.69, 9.17) is 5.73 Å². The van der Waals surface area contributed by atoms with Gasteiger partial charge in [-0.15, -0.1) is 0 Å². The van der Waals surface area contributed by atoms with Crippen molar-refractivity contribution in [2.45, 2.75) is 25.7 Å². The molecule has 2 N–H and O–H groups in total. The minimum atomic E-state index is -4.54. The maximum atomic E-state index is 12.9. The fourth-order valence-corrected chi connectivity index (χ4v) is 3.04. The Hall–Kier alpha value is -2.98. The number of imidazole rings is 2. The summed E-state index contributed by atoms with van der Waals surface area (Å²) in [7, 11) is 4.65. The number of carbonyl (C=O) groups is 1. The lowest BCUT2D eigenvalue weighted by Gasteiger charge is -2.11. The van der Waals surface area contributed by atoms with E-state index in [-0.39, 0.29) is 30.3 Å². The Balaban J connectivity index is 2.16. The molecule has 0 radical (unpaired) electrons. The molecule has 0 saturated carbocycles. The zero-order chi connectivity index (χ0) is 20.1. The molecule has 2 heterocycles. The number of aromatic nitrogens is 4. The quantitative estimate of drug-likeness (QED) is 0.734. The van der Waals surface area contributed by atoms with Gasteiger partial charge < -0.3 is 15.2 Å². The van der Waals surface area contributed by atoms with Crippen LogP contribution in [0.3, 0.4) is 0 Å². The van der Waals surface area contributed by atoms with Gasteiger partial charge in [0.25, 0.3) is 0 Å². The standard InChI is InChI=1S/C16H19F3N6O2/c1-22(2)13(26)4-5-24-10-7-12-11(6-9(10)21-14(24)20)23(3)15(27)25(12)8-16(17,18)19/h6-7H,4-5,8H2,1-3H3,(H2,20,21). The van der Waals surface area contributed by atoms with Crippen LogP contribution in [0, 0.1) is 0 Å². The Labute approximate surface area is 151 Å². The zero-order valence-corrected chi connectivity index (χ0v) is 15.0. The van der Waals surface area contributed by atoms with Gasteiger partial charge in [0.05, 0.1) is 22.1 Å². The SMILES string of the molecule is CN(C)C(=O)CCn1c(N)nc2cc3c(cc21)n(CC(F)(F)F)c(=O)n3C. The highest BCUT2D eigenvalue weighted by molar-refractivity contribution is 5.93. The molecule has 11 heteroatoms. The Morgan fingerprint density at radius 1 is 1.19 bits per heavy atom. The van der Waals surface area contributed by atoms with Crippen molar-refractivity contribution in [2.75, 3.05) is 19.8 Å². The summed E-state index contributed by atoms with van der Waals surface area (Å²) in [6.45, 7) is -1.17. The van der Waals surface area contributed by atoms with Gasteiger partial charge >= 0.3 is 11.9 Å². The summed E-state index contributed by atoms with van der Waals surface area (Å²) in [5, 5.41) is 0. The second-order valence-electron chi connectivity index (χ2n) is 6.53. The van der Waals surface area contributed by atoms with Crippen LogP contribution in [0.1, 0.15) is 6.42 Å². The fraction of sp³-hybridized carbons (Fsp3) is 0.438. The van der Waals surface area contributed by atoms with Crippen LogP contribution in [0.5, 0.6) is 0 Å². The lowest BCUT2D eigenvalue weighted by atomic mass is 10.2. The number of amides is 1. The molecule has 0 saturated heterocycles. The monoisotopic (exact) mass is 384 g/mol. The average molecular weight is 384 g/mol. The van der Waals surface area contributed by atoms with E-state index >= 15 is 0 Å². The van der Waals surface area contributed by atoms with E-state index in [9.17, 15) is 22.8 Å². The van der Waals surface area contributed by atoms with Crippen LogP contribution in [0.4, 0.5) is 19.1 Å². The van der Waals surface area contributed by atoms with E-state index in [0.29, 0.717) is 21.1 Å². The van der Waals surface area contributed by atoms with Gasteiger partial charge in [-0.2, -0.15) is 13.2 Å². The van der Waals surface area contributed by atoms with E-state index in [0.717, 1.165) is 4.57 Å². The second-order valence-corrected chi connectivity index (χ2v) is 6.53. The molecule has 0 aliphatic heterocycles. The number of nitrogen functional groups attached to an aromatic ring is 1. The van der Waals surface area contributed by atoms with Crippen LogP contribution in [-0.4, -0.2) is 49.8 Å². The summed E-state index contributed by atoms with van der Waals surface area (Å²) in [6, 6.07) is 2.99. The van der Waals surface area contributed by atoms with E-state index in [2.05, 4.69) is 4.98 Å². The fourth-order valence-electron chi connectivity index (χ4n) is 3.04. The number of benzene rings is 1. The van der Waals surface area contributed by atoms with Gasteiger partial charge in [-0.25, -0.2) is 9.78 Å².